The molecule has 0 radical (unpaired) electrons. The van der Waals surface area contributed by atoms with Crippen molar-refractivity contribution in [3.05, 3.63) is 29.3 Å². The zero-order valence-corrected chi connectivity index (χ0v) is 10.8. The number of fused-ring (bicyclic) bond motifs is 1. The summed E-state index contributed by atoms with van der Waals surface area (Å²) in [7, 11) is 0. The average Bonchev–Trinajstić information content (AvgIpc) is 2.39. The molecule has 1 N–H and O–H groups in total. The molecule has 1 aromatic carbocycles. The maximum atomic E-state index is 12.3. The van der Waals surface area contributed by atoms with E-state index in [0.717, 1.165) is 37.8 Å². The summed E-state index contributed by atoms with van der Waals surface area (Å²) in [6, 6.07) is 6.12. The van der Waals surface area contributed by atoms with Gasteiger partial charge in [-0.25, -0.2) is 0 Å². The Labute approximate surface area is 103 Å². The van der Waals surface area contributed by atoms with Crippen molar-refractivity contribution in [2.24, 2.45) is 5.92 Å². The molecule has 0 unspecified atom stereocenters. The number of hydrogen-bond donors (Lipinski definition) is 1. The average molecular weight is 231 g/mol. The molecule has 2 heteroatoms. The van der Waals surface area contributed by atoms with Gasteiger partial charge in [-0.2, -0.15) is 0 Å². The highest BCUT2D eigenvalue weighted by Gasteiger charge is 2.18. The minimum absolute atomic E-state index is 0.185. The molecule has 1 heterocycles. The van der Waals surface area contributed by atoms with Crippen molar-refractivity contribution in [3.63, 3.8) is 0 Å². The summed E-state index contributed by atoms with van der Waals surface area (Å²) in [5, 5.41) is 3.37. The summed E-state index contributed by atoms with van der Waals surface area (Å²) in [5.41, 5.74) is 3.39. The molecular formula is C15H21NO. The monoisotopic (exact) mass is 231 g/mol. The Morgan fingerprint density at radius 2 is 2.12 bits per heavy atom. The standard InChI is InChI=1S/C15H21NO/c1-3-11(4-2)15(17)13-7-8-14-12(10-13)6-5-9-16-14/h7-8,10-11,16H,3-6,9H2,1-2H3. The molecule has 0 aliphatic carbocycles. The van der Waals surface area contributed by atoms with Crippen LogP contribution >= 0.6 is 0 Å². The molecule has 92 valence electrons. The Kier molecular flexibility index (Phi) is 3.82. The van der Waals surface area contributed by atoms with Gasteiger partial charge in [0, 0.05) is 23.7 Å². The lowest BCUT2D eigenvalue weighted by atomic mass is 9.91. The molecule has 1 aliphatic rings. The van der Waals surface area contributed by atoms with Crippen molar-refractivity contribution in [1.29, 1.82) is 0 Å². The Bertz CT molecular complexity index is 407. The van der Waals surface area contributed by atoms with Crippen LogP contribution in [0, 0.1) is 5.92 Å². The van der Waals surface area contributed by atoms with Gasteiger partial charge >= 0.3 is 0 Å². The van der Waals surface area contributed by atoms with Crippen molar-refractivity contribution in [2.45, 2.75) is 39.5 Å². The molecule has 1 aromatic rings. The number of nitrogens with one attached hydrogen (secondary N) is 1. The SMILES string of the molecule is CCC(CC)C(=O)c1ccc2c(c1)CCCN2. The van der Waals surface area contributed by atoms with Gasteiger partial charge in [0.1, 0.15) is 0 Å². The largest absolute Gasteiger partial charge is 0.385 e. The van der Waals surface area contributed by atoms with Gasteiger partial charge in [0.15, 0.2) is 5.78 Å². The third-order valence-corrected chi connectivity index (χ3v) is 3.68. The first kappa shape index (κ1) is 12.2. The second-order valence-corrected chi connectivity index (χ2v) is 4.78. The molecule has 0 saturated carbocycles. The maximum Gasteiger partial charge on any atom is 0.165 e. The number of aryl methyl sites for hydroxylation is 1. The van der Waals surface area contributed by atoms with Crippen LogP contribution in [0.15, 0.2) is 18.2 Å². The van der Waals surface area contributed by atoms with Crippen LogP contribution in [-0.2, 0) is 6.42 Å². The highest BCUT2D eigenvalue weighted by Crippen LogP contribution is 2.25. The molecule has 2 nitrogen and oxygen atoms in total. The number of ketones is 1. The van der Waals surface area contributed by atoms with Crippen molar-refractivity contribution < 1.29 is 4.79 Å². The van der Waals surface area contributed by atoms with E-state index in [0.29, 0.717) is 5.78 Å². The predicted octanol–water partition coefficient (Wildman–Crippen LogP) is 3.66. The third-order valence-electron chi connectivity index (χ3n) is 3.68. The van der Waals surface area contributed by atoms with Gasteiger partial charge in [0.05, 0.1) is 0 Å². The first-order valence-corrected chi connectivity index (χ1v) is 6.67. The number of carbonyl (C=O) groups is 1. The lowest BCUT2D eigenvalue weighted by molar-refractivity contribution is 0.0913. The minimum Gasteiger partial charge on any atom is -0.385 e. The highest BCUT2D eigenvalue weighted by atomic mass is 16.1. The summed E-state index contributed by atoms with van der Waals surface area (Å²) in [6.07, 6.45) is 4.12. The number of carbonyl (C=O) groups excluding carboxylic acids is 1. The van der Waals surface area contributed by atoms with E-state index in [4.69, 9.17) is 0 Å². The minimum atomic E-state index is 0.185. The Morgan fingerprint density at radius 1 is 1.35 bits per heavy atom. The van der Waals surface area contributed by atoms with E-state index in [9.17, 15) is 4.79 Å². The van der Waals surface area contributed by atoms with Gasteiger partial charge in [-0.15, -0.1) is 0 Å². The highest BCUT2D eigenvalue weighted by molar-refractivity contribution is 5.98. The summed E-state index contributed by atoms with van der Waals surface area (Å²) in [5.74, 6) is 0.493. The Hall–Kier alpha value is -1.31. The van der Waals surface area contributed by atoms with Crippen molar-refractivity contribution in [2.75, 3.05) is 11.9 Å². The van der Waals surface area contributed by atoms with Crippen LogP contribution in [0.2, 0.25) is 0 Å². The van der Waals surface area contributed by atoms with Crippen molar-refractivity contribution in [1.82, 2.24) is 0 Å². The van der Waals surface area contributed by atoms with E-state index in [1.54, 1.807) is 0 Å². The zero-order valence-electron chi connectivity index (χ0n) is 10.8. The van der Waals surface area contributed by atoms with E-state index in [1.807, 2.05) is 6.07 Å². The van der Waals surface area contributed by atoms with Crippen LogP contribution in [0.4, 0.5) is 5.69 Å². The van der Waals surface area contributed by atoms with E-state index in [-0.39, 0.29) is 5.92 Å². The number of rotatable bonds is 4. The molecule has 0 saturated heterocycles. The van der Waals surface area contributed by atoms with Gasteiger partial charge < -0.3 is 5.32 Å². The van der Waals surface area contributed by atoms with E-state index in [2.05, 4.69) is 31.3 Å². The second kappa shape index (κ2) is 5.35. The molecule has 1 aliphatic heterocycles. The molecule has 0 spiro atoms. The van der Waals surface area contributed by atoms with Crippen molar-refractivity contribution in [3.8, 4) is 0 Å². The van der Waals surface area contributed by atoms with Crippen LogP contribution in [0.5, 0.6) is 0 Å². The lowest BCUT2D eigenvalue weighted by Crippen LogP contribution is -2.16. The predicted molar refractivity (Wildman–Crippen MR) is 71.7 cm³/mol. The van der Waals surface area contributed by atoms with E-state index >= 15 is 0 Å². The number of anilines is 1. The van der Waals surface area contributed by atoms with Gasteiger partial charge in [-0.05, 0) is 49.4 Å². The molecular weight excluding hydrogens is 210 g/mol. The fourth-order valence-corrected chi connectivity index (χ4v) is 2.52. The Morgan fingerprint density at radius 3 is 2.82 bits per heavy atom. The third kappa shape index (κ3) is 2.51. The fourth-order valence-electron chi connectivity index (χ4n) is 2.52. The van der Waals surface area contributed by atoms with Crippen molar-refractivity contribution >= 4 is 11.5 Å². The molecule has 0 atom stereocenters. The van der Waals surface area contributed by atoms with Gasteiger partial charge in [-0.1, -0.05) is 13.8 Å². The van der Waals surface area contributed by atoms with Crippen LogP contribution in [0.3, 0.4) is 0 Å². The first-order valence-electron chi connectivity index (χ1n) is 6.67. The quantitative estimate of drug-likeness (QED) is 0.801. The molecule has 2 rings (SSSR count). The smallest absolute Gasteiger partial charge is 0.165 e. The van der Waals surface area contributed by atoms with Crippen LogP contribution < -0.4 is 5.32 Å². The van der Waals surface area contributed by atoms with E-state index < -0.39 is 0 Å². The molecule has 0 fully saturated rings. The van der Waals surface area contributed by atoms with Crippen LogP contribution in [0.25, 0.3) is 0 Å². The number of benzene rings is 1. The second-order valence-electron chi connectivity index (χ2n) is 4.78. The Balaban J connectivity index is 2.24. The van der Waals surface area contributed by atoms with Gasteiger partial charge in [-0.3, -0.25) is 4.79 Å². The summed E-state index contributed by atoms with van der Waals surface area (Å²) < 4.78 is 0. The molecule has 0 amide bonds. The van der Waals surface area contributed by atoms with E-state index in [1.165, 1.54) is 11.3 Å². The topological polar surface area (TPSA) is 29.1 Å². The molecule has 17 heavy (non-hydrogen) atoms. The number of Topliss-reactive ketones (excluding diaryl/α,β-unsaturated/α-hetero) is 1. The summed E-state index contributed by atoms with van der Waals surface area (Å²) >= 11 is 0. The van der Waals surface area contributed by atoms with Gasteiger partial charge in [0.2, 0.25) is 0 Å². The van der Waals surface area contributed by atoms with Gasteiger partial charge in [0.25, 0.3) is 0 Å². The zero-order chi connectivity index (χ0) is 12.3. The maximum absolute atomic E-state index is 12.3. The summed E-state index contributed by atoms with van der Waals surface area (Å²) in [4.78, 5) is 12.3. The van der Waals surface area contributed by atoms with Crippen LogP contribution in [-0.4, -0.2) is 12.3 Å². The lowest BCUT2D eigenvalue weighted by Gasteiger charge is -2.19. The number of hydrogen-bond acceptors (Lipinski definition) is 2. The summed E-state index contributed by atoms with van der Waals surface area (Å²) in [6.45, 7) is 5.23. The molecule has 0 bridgehead atoms. The molecule has 0 aromatic heterocycles. The first-order chi connectivity index (χ1) is 8.26. The van der Waals surface area contributed by atoms with Crippen LogP contribution in [0.1, 0.15) is 49.0 Å². The normalized spacial score (nSPS) is 14.3. The fraction of sp³-hybridized carbons (Fsp3) is 0.533.